The Labute approximate surface area is 169 Å². The average molecular weight is 475 g/mol. The number of hydrogen-bond donors (Lipinski definition) is 0. The largest absolute Gasteiger partial charge is 0.291 e. The van der Waals surface area contributed by atoms with Gasteiger partial charge in [-0.1, -0.05) is 74.4 Å². The van der Waals surface area contributed by atoms with E-state index < -0.39 is 0 Å². The van der Waals surface area contributed by atoms with E-state index in [1.54, 1.807) is 6.08 Å². The summed E-state index contributed by atoms with van der Waals surface area (Å²) in [5.74, 6) is 0.421. The molecule has 0 saturated heterocycles. The van der Waals surface area contributed by atoms with Crippen molar-refractivity contribution in [1.29, 1.82) is 0 Å². The Morgan fingerprint density at radius 2 is 1.88 bits per heavy atom. The van der Waals surface area contributed by atoms with E-state index in [-0.39, 0.29) is 33.1 Å². The number of Topliss-reactive ketones (excluding diaryl/α,β-unsaturated/α-hetero) is 1. The predicted octanol–water partition coefficient (Wildman–Crippen LogP) is 4.83. The highest BCUT2D eigenvalue weighted by Gasteiger charge is 2.32. The van der Waals surface area contributed by atoms with Crippen molar-refractivity contribution in [3.63, 3.8) is 0 Å². The first kappa shape index (κ1) is 17.8. The number of carbonyl (C=O) groups is 2. The molecular weight excluding hydrogens is 458 g/mol. The molecule has 0 spiro atoms. The molecule has 26 heavy (non-hydrogen) atoms. The zero-order valence-electron chi connectivity index (χ0n) is 13.9. The topological polar surface area (TPSA) is 47.0 Å². The molecule has 1 aromatic heterocycles. The van der Waals surface area contributed by atoms with Gasteiger partial charge in [-0.2, -0.15) is 0 Å². The second-order valence-electron chi connectivity index (χ2n) is 6.74. The van der Waals surface area contributed by atoms with Crippen molar-refractivity contribution in [3.05, 3.63) is 77.2 Å². The summed E-state index contributed by atoms with van der Waals surface area (Å²) in [6.45, 7) is 0. The van der Waals surface area contributed by atoms with Crippen molar-refractivity contribution in [1.82, 2.24) is 4.98 Å². The molecule has 0 radical (unpaired) electrons. The molecule has 3 nitrogen and oxygen atoms in total. The van der Waals surface area contributed by atoms with Crippen LogP contribution in [0.3, 0.4) is 0 Å². The molecule has 1 aromatic rings. The number of ketones is 2. The Hall–Kier alpha value is -1.59. The quantitative estimate of drug-likeness (QED) is 0.455. The van der Waals surface area contributed by atoms with E-state index in [9.17, 15) is 9.59 Å². The van der Waals surface area contributed by atoms with E-state index in [0.29, 0.717) is 12.1 Å². The minimum absolute atomic E-state index is 0.0299. The molecule has 0 amide bonds. The highest BCUT2D eigenvalue weighted by atomic mass is 79.9. The normalized spacial score (nSPS) is 31.2. The molecule has 0 bridgehead atoms. The molecular formula is C21H17Br2NO2. The molecule has 0 N–H and O–H groups in total. The lowest BCUT2D eigenvalue weighted by Gasteiger charge is -2.26. The first-order valence-corrected chi connectivity index (χ1v) is 10.5. The lowest BCUT2D eigenvalue weighted by molar-refractivity contribution is -0.112. The van der Waals surface area contributed by atoms with Gasteiger partial charge in [0.25, 0.3) is 0 Å². The number of allylic oxidation sites excluding steroid dienone is 8. The molecule has 3 aliphatic carbocycles. The standard InChI is InChI=1S/C21H17Br2NO2/c22-17-11-18(23)21(26)20-16(17)9-7-13(24-20)6-8-15-14-4-2-1-3-12(14)5-10-19(15)25/h1-5,7-10,12,14,17-18H,6,11H2/b15-8-. The van der Waals surface area contributed by atoms with Crippen LogP contribution in [0.1, 0.15) is 33.0 Å². The van der Waals surface area contributed by atoms with Crippen molar-refractivity contribution in [2.45, 2.75) is 22.5 Å². The third-order valence-electron chi connectivity index (χ3n) is 5.08. The molecule has 4 rings (SSSR count). The Kier molecular flexibility index (Phi) is 4.93. The van der Waals surface area contributed by atoms with Crippen LogP contribution in [0.4, 0.5) is 0 Å². The van der Waals surface area contributed by atoms with Crippen LogP contribution in [0.25, 0.3) is 0 Å². The average Bonchev–Trinajstić information content (AvgIpc) is 2.65. The van der Waals surface area contributed by atoms with Crippen LogP contribution in [-0.4, -0.2) is 21.4 Å². The van der Waals surface area contributed by atoms with Gasteiger partial charge in [-0.3, -0.25) is 9.59 Å². The second-order valence-corrected chi connectivity index (χ2v) is 8.95. The maximum Gasteiger partial charge on any atom is 0.195 e. The van der Waals surface area contributed by atoms with Gasteiger partial charge in [0.1, 0.15) is 5.69 Å². The first-order chi connectivity index (χ1) is 12.5. The van der Waals surface area contributed by atoms with Gasteiger partial charge in [0.15, 0.2) is 11.6 Å². The molecule has 4 atom stereocenters. The summed E-state index contributed by atoms with van der Waals surface area (Å²) < 4.78 is 0. The van der Waals surface area contributed by atoms with Crippen LogP contribution in [-0.2, 0) is 11.2 Å². The fraction of sp³-hybridized carbons (Fsp3) is 0.286. The number of carbonyl (C=O) groups excluding carboxylic acids is 2. The number of hydrogen-bond acceptors (Lipinski definition) is 3. The molecule has 0 aromatic carbocycles. The third-order valence-corrected chi connectivity index (χ3v) is 6.73. The van der Waals surface area contributed by atoms with Gasteiger partial charge in [-0.05, 0) is 24.1 Å². The number of rotatable bonds is 2. The summed E-state index contributed by atoms with van der Waals surface area (Å²) in [5.41, 5.74) is 3.09. The number of nitrogens with zero attached hydrogens (tertiary/aromatic N) is 1. The fourth-order valence-electron chi connectivity index (χ4n) is 3.67. The second kappa shape index (κ2) is 7.20. The SMILES string of the molecule is O=C1C=CC2C=CC=CC2/C1=C/Cc1ccc2c(n1)C(=O)C(Br)CC2Br. The Balaban J connectivity index is 1.62. The van der Waals surface area contributed by atoms with Crippen molar-refractivity contribution in [2.24, 2.45) is 11.8 Å². The van der Waals surface area contributed by atoms with Crippen molar-refractivity contribution < 1.29 is 9.59 Å². The van der Waals surface area contributed by atoms with Crippen LogP contribution in [0, 0.1) is 11.8 Å². The van der Waals surface area contributed by atoms with Crippen molar-refractivity contribution >= 4 is 43.4 Å². The van der Waals surface area contributed by atoms with E-state index in [1.165, 1.54) is 0 Å². The highest BCUT2D eigenvalue weighted by Crippen LogP contribution is 2.38. The molecule has 3 aliphatic rings. The highest BCUT2D eigenvalue weighted by molar-refractivity contribution is 9.10. The van der Waals surface area contributed by atoms with Crippen molar-refractivity contribution in [2.75, 3.05) is 0 Å². The van der Waals surface area contributed by atoms with E-state index >= 15 is 0 Å². The van der Waals surface area contributed by atoms with E-state index in [4.69, 9.17) is 0 Å². The summed E-state index contributed by atoms with van der Waals surface area (Å²) >= 11 is 7.06. The van der Waals surface area contributed by atoms with Crippen LogP contribution in [0.5, 0.6) is 0 Å². The lowest BCUT2D eigenvalue weighted by Crippen LogP contribution is -2.25. The van der Waals surface area contributed by atoms with Crippen LogP contribution in [0.15, 0.2) is 60.2 Å². The zero-order valence-corrected chi connectivity index (χ0v) is 17.1. The third kappa shape index (κ3) is 3.23. The lowest BCUT2D eigenvalue weighted by atomic mass is 9.77. The van der Waals surface area contributed by atoms with Gasteiger partial charge in [-0.25, -0.2) is 4.98 Å². The molecule has 0 fully saturated rings. The number of pyridine rings is 1. The van der Waals surface area contributed by atoms with Gasteiger partial charge in [0, 0.05) is 34.4 Å². The van der Waals surface area contributed by atoms with E-state index in [2.05, 4.69) is 49.0 Å². The Morgan fingerprint density at radius 3 is 2.73 bits per heavy atom. The molecule has 4 unspecified atom stereocenters. The summed E-state index contributed by atoms with van der Waals surface area (Å²) in [5, 5.41) is 0. The number of fused-ring (bicyclic) bond motifs is 2. The maximum atomic E-state index is 12.4. The molecule has 0 aliphatic heterocycles. The fourth-order valence-corrected chi connectivity index (χ4v) is 5.50. The summed E-state index contributed by atoms with van der Waals surface area (Å²) in [6, 6.07) is 3.92. The minimum Gasteiger partial charge on any atom is -0.291 e. The van der Waals surface area contributed by atoms with Gasteiger partial charge in [0.05, 0.1) is 4.83 Å². The monoisotopic (exact) mass is 473 g/mol. The van der Waals surface area contributed by atoms with Gasteiger partial charge in [0.2, 0.25) is 0 Å². The number of alkyl halides is 2. The Bertz CT molecular complexity index is 897. The molecule has 132 valence electrons. The smallest absolute Gasteiger partial charge is 0.195 e. The molecule has 1 heterocycles. The number of aromatic nitrogens is 1. The van der Waals surface area contributed by atoms with Crippen molar-refractivity contribution in [3.8, 4) is 0 Å². The van der Waals surface area contributed by atoms with E-state index in [0.717, 1.165) is 23.3 Å². The minimum atomic E-state index is -0.203. The Morgan fingerprint density at radius 1 is 1.08 bits per heavy atom. The van der Waals surface area contributed by atoms with Crippen LogP contribution in [0.2, 0.25) is 0 Å². The first-order valence-electron chi connectivity index (χ1n) is 8.64. The zero-order chi connectivity index (χ0) is 18.3. The molecule has 0 saturated carbocycles. The summed E-state index contributed by atoms with van der Waals surface area (Å²) in [6.07, 6.45) is 15.0. The maximum absolute atomic E-state index is 12.4. The van der Waals surface area contributed by atoms with Gasteiger partial charge >= 0.3 is 0 Å². The summed E-state index contributed by atoms with van der Waals surface area (Å²) in [7, 11) is 0. The summed E-state index contributed by atoms with van der Waals surface area (Å²) in [4.78, 5) is 29.3. The van der Waals surface area contributed by atoms with Crippen LogP contribution >= 0.6 is 31.9 Å². The van der Waals surface area contributed by atoms with Gasteiger partial charge in [-0.15, -0.1) is 0 Å². The molecule has 5 heteroatoms. The van der Waals surface area contributed by atoms with E-state index in [1.807, 2.05) is 36.4 Å². The van der Waals surface area contributed by atoms with Gasteiger partial charge < -0.3 is 0 Å². The number of halogens is 2. The predicted molar refractivity (Wildman–Crippen MR) is 109 cm³/mol. The van der Waals surface area contributed by atoms with Crippen LogP contribution < -0.4 is 0 Å².